The van der Waals surface area contributed by atoms with Gasteiger partial charge in [-0.1, -0.05) is 154 Å². The van der Waals surface area contributed by atoms with Gasteiger partial charge >= 0.3 is 0 Å². The Morgan fingerprint density at radius 3 is 0.861 bits per heavy atom. The molecule has 0 saturated carbocycles. The van der Waals surface area contributed by atoms with Gasteiger partial charge in [0.15, 0.2) is 23.1 Å². The molecule has 0 radical (unpaired) electrons. The van der Waals surface area contributed by atoms with Crippen LogP contribution in [0.4, 0.5) is 40.8 Å². The number of carbonyl (C=O) groups excluding carboxylic acids is 7. The number of nitriles is 2. The van der Waals surface area contributed by atoms with Crippen molar-refractivity contribution in [1.29, 1.82) is 10.5 Å². The predicted octanol–water partition coefficient (Wildman–Crippen LogP) is 16.1. The van der Waals surface area contributed by atoms with E-state index >= 15 is 13.2 Å². The minimum Gasteiger partial charge on any atom is -0.384 e. The van der Waals surface area contributed by atoms with Gasteiger partial charge in [0.2, 0.25) is 11.8 Å². The highest BCUT2D eigenvalue weighted by molar-refractivity contribution is 6.36. The molecule has 4 heterocycles. The Bertz CT molecular complexity index is 4600. The number of halogens is 8. The zero-order chi connectivity index (χ0) is 86.4. The second kappa shape index (κ2) is 46.9. The van der Waals surface area contributed by atoms with E-state index in [0.717, 1.165) is 0 Å². The molecule has 0 bridgehead atoms. The SMILES string of the molecule is CC(C)C(=O)CC#N.CC[C@@H](N)c1ccc(Cl)c(C(=O)c2ccc(N)nc2)c1F.CC[C@@H](NC(CC#N)C(C)C)c1ccc(Cl)c(C(=O)c2ccc(N)nc2)c1F.CC[C@@H](N[C@@H](CC(N)=O)C(C)C)c1ccc(Cl)c(C(=O)c2ccc(N)nc2)c1F.CC[C@@H](N[C@H](CC(N)=O)C(C)C)c1ccc(Cl)c(C(=O)c2ccc(N)nc2)c1F. The second-order valence-corrected chi connectivity index (χ2v) is 29.7. The number of anilines is 4. The number of Topliss-reactive ketones (excluding diaryl/α,β-unsaturated/α-hetero) is 1. The molecule has 0 aliphatic heterocycles. The van der Waals surface area contributed by atoms with E-state index in [9.17, 15) is 38.0 Å². The molecular weight excluding hydrogens is 1560 g/mol. The summed E-state index contributed by atoms with van der Waals surface area (Å²) in [6.45, 7) is 22.9. The highest BCUT2D eigenvalue weighted by Gasteiger charge is 2.32. The zero-order valence-corrected chi connectivity index (χ0v) is 69.2. The first-order valence-corrected chi connectivity index (χ1v) is 38.6. The lowest BCUT2D eigenvalue weighted by Gasteiger charge is -2.28. The first-order chi connectivity index (χ1) is 54.2. The van der Waals surface area contributed by atoms with Gasteiger partial charge in [0.1, 0.15) is 52.3 Å². The second-order valence-electron chi connectivity index (χ2n) is 28.1. The molecule has 0 saturated heterocycles. The molecule has 1 unspecified atom stereocenters. The van der Waals surface area contributed by atoms with Crippen LogP contribution in [0.1, 0.15) is 245 Å². The van der Waals surface area contributed by atoms with Gasteiger partial charge in [-0.2, -0.15) is 10.5 Å². The summed E-state index contributed by atoms with van der Waals surface area (Å²) < 4.78 is 60.8. The maximum Gasteiger partial charge on any atom is 0.218 e. The van der Waals surface area contributed by atoms with Crippen molar-refractivity contribution in [2.24, 2.45) is 40.9 Å². The zero-order valence-electron chi connectivity index (χ0n) is 66.2. The highest BCUT2D eigenvalue weighted by atomic mass is 35.5. The number of rotatable bonds is 32. The summed E-state index contributed by atoms with van der Waals surface area (Å²) in [6.07, 6.45) is 8.02. The summed E-state index contributed by atoms with van der Waals surface area (Å²) in [6, 6.07) is 25.7. The molecule has 7 atom stereocenters. The Morgan fingerprint density at radius 1 is 0.400 bits per heavy atom. The Hall–Kier alpha value is -10.3. The van der Waals surface area contributed by atoms with Gasteiger partial charge in [-0.05, 0) is 116 Å². The number of hydrogen-bond acceptors (Lipinski definition) is 21. The first kappa shape index (κ1) is 97.0. The van der Waals surface area contributed by atoms with Crippen LogP contribution in [0.3, 0.4) is 0 Å². The minimum absolute atomic E-state index is 0.00894. The van der Waals surface area contributed by atoms with Gasteiger partial charge in [0.05, 0.1) is 67.3 Å². The Kier molecular flexibility index (Phi) is 39.6. The van der Waals surface area contributed by atoms with Crippen LogP contribution < -0.4 is 56.1 Å². The maximum atomic E-state index is 15.4. The lowest BCUT2D eigenvalue weighted by atomic mass is 9.94. The van der Waals surface area contributed by atoms with Gasteiger partial charge < -0.3 is 56.1 Å². The number of aromatic nitrogens is 4. The number of pyridine rings is 4. The van der Waals surface area contributed by atoms with E-state index in [1.54, 1.807) is 38.1 Å². The number of ketones is 5. The molecule has 0 aliphatic carbocycles. The molecule has 115 heavy (non-hydrogen) atoms. The lowest BCUT2D eigenvalue weighted by molar-refractivity contribution is -0.121. The van der Waals surface area contributed by atoms with Crippen LogP contribution in [-0.2, 0) is 14.4 Å². The minimum atomic E-state index is -0.694. The number of hydrogen-bond donors (Lipinski definition) is 10. The summed E-state index contributed by atoms with van der Waals surface area (Å²) in [5.74, 6) is -4.35. The van der Waals surface area contributed by atoms with E-state index < -0.39 is 76.3 Å². The van der Waals surface area contributed by atoms with Crippen molar-refractivity contribution in [2.75, 3.05) is 22.9 Å². The van der Waals surface area contributed by atoms with Crippen molar-refractivity contribution in [2.45, 2.75) is 177 Å². The molecule has 0 fully saturated rings. The van der Waals surface area contributed by atoms with Gasteiger partial charge in [0.25, 0.3) is 0 Å². The molecule has 4 aromatic carbocycles. The Balaban J connectivity index is 0.000000314. The molecule has 31 heteroatoms. The van der Waals surface area contributed by atoms with Crippen molar-refractivity contribution in [1.82, 2.24) is 35.9 Å². The summed E-state index contributed by atoms with van der Waals surface area (Å²) in [4.78, 5) is 99.7. The third kappa shape index (κ3) is 28.0. The molecule has 0 spiro atoms. The number of benzene rings is 4. The van der Waals surface area contributed by atoms with Crippen LogP contribution in [0.15, 0.2) is 122 Å². The number of primary amides is 2. The Morgan fingerprint density at radius 2 is 0.661 bits per heavy atom. The number of nitrogens with zero attached hydrogens (tertiary/aromatic N) is 6. The molecule has 23 nitrogen and oxygen atoms in total. The summed E-state index contributed by atoms with van der Waals surface area (Å²) >= 11 is 24.5. The topological polar surface area (TPSA) is 437 Å². The van der Waals surface area contributed by atoms with Crippen LogP contribution in [0, 0.1) is 69.6 Å². The summed E-state index contributed by atoms with van der Waals surface area (Å²) in [5.41, 5.74) is 39.9. The van der Waals surface area contributed by atoms with Gasteiger partial charge in [-0.15, -0.1) is 0 Å². The number of nitrogen functional groups attached to an aromatic ring is 4. The molecule has 8 aromatic rings. The number of carbonyl (C=O) groups is 7. The number of nitrogens with one attached hydrogen (secondary N) is 3. The third-order valence-electron chi connectivity index (χ3n) is 18.5. The van der Waals surface area contributed by atoms with E-state index in [0.29, 0.717) is 48.8 Å². The van der Waals surface area contributed by atoms with Crippen molar-refractivity contribution in [3.63, 3.8) is 0 Å². The fourth-order valence-corrected chi connectivity index (χ4v) is 12.4. The van der Waals surface area contributed by atoms with Crippen LogP contribution in [0.5, 0.6) is 0 Å². The quantitative estimate of drug-likeness (QED) is 0.0138. The first-order valence-electron chi connectivity index (χ1n) is 37.1. The van der Waals surface area contributed by atoms with Crippen molar-refractivity contribution < 1.29 is 51.1 Å². The number of amides is 2. The number of nitrogens with two attached hydrogens (primary N) is 7. The predicted molar refractivity (Wildman–Crippen MR) is 443 cm³/mol. The average Bonchev–Trinajstić information content (AvgIpc) is 0.808. The lowest BCUT2D eigenvalue weighted by Crippen LogP contribution is -2.40. The fourth-order valence-electron chi connectivity index (χ4n) is 11.5. The third-order valence-corrected chi connectivity index (χ3v) is 19.7. The van der Waals surface area contributed by atoms with Gasteiger partial charge in [0, 0.05) is 130 Å². The maximum absolute atomic E-state index is 15.4. The molecule has 4 aromatic heterocycles. The van der Waals surface area contributed by atoms with Crippen molar-refractivity contribution in [3.05, 3.63) is 232 Å². The highest BCUT2D eigenvalue weighted by Crippen LogP contribution is 2.36. The largest absolute Gasteiger partial charge is 0.384 e. The van der Waals surface area contributed by atoms with E-state index in [2.05, 4.69) is 42.0 Å². The molecular formula is C84H100Cl4F4N16O7. The van der Waals surface area contributed by atoms with Crippen LogP contribution in [0.2, 0.25) is 20.1 Å². The standard InChI is InChI=1S/2C21H26ClFN4O2.C21H24ClFN4O.C15H15ClFN3O.C6H9NO/c2*1-4-15(27-16(11(2)3)9-18(25)28)13-6-7-14(22)19(20(13)23)21(29)12-5-8-17(24)26-10-12;1-4-16(27-17(9-10-24)12(2)3)14-6-7-15(22)19(20(14)23)21(28)13-5-8-18(25)26-11-13;1-2-11(18)9-4-5-10(16)13(14(9)17)15(21)8-3-6-12(19)20-7-8;1-5(2)6(8)3-4-7/h2*5-8,10-11,15-16,27H,4,9H2,1-3H3,(H2,24,26)(H2,25,28);5-8,11-12,16-17,27H,4,9H2,1-3H3,(H2,25,26);3-7,11H,2,18H2,1H3,(H2,19,20);5H,3H2,1-2H3/t15-,16+;15-,16-;16-,17?;11-;/m1111./s1. The molecule has 0 aliphatic rings. The smallest absolute Gasteiger partial charge is 0.218 e. The molecule has 2 amide bonds. The monoisotopic (exact) mass is 1660 g/mol. The molecule has 17 N–H and O–H groups in total. The van der Waals surface area contributed by atoms with Crippen LogP contribution in [-0.4, -0.2) is 78.8 Å². The molecule has 614 valence electrons. The van der Waals surface area contributed by atoms with E-state index in [1.807, 2.05) is 69.2 Å². The molecule has 8 rings (SSSR count). The Labute approximate surface area is 688 Å². The van der Waals surface area contributed by atoms with Crippen molar-refractivity contribution >= 4 is 110 Å². The van der Waals surface area contributed by atoms with E-state index in [-0.39, 0.29) is 166 Å². The van der Waals surface area contributed by atoms with Gasteiger partial charge in [-0.25, -0.2) is 37.5 Å². The van der Waals surface area contributed by atoms with Crippen LogP contribution in [0.25, 0.3) is 0 Å². The van der Waals surface area contributed by atoms with E-state index in [1.165, 1.54) is 104 Å². The van der Waals surface area contributed by atoms with Crippen LogP contribution >= 0.6 is 46.4 Å². The summed E-state index contributed by atoms with van der Waals surface area (Å²) in [7, 11) is 0. The van der Waals surface area contributed by atoms with E-state index in [4.69, 9.17) is 97.1 Å². The fraction of sp³-hybridized carbons (Fsp3) is 0.369. The normalized spacial score (nSPS) is 12.8. The van der Waals surface area contributed by atoms with Gasteiger partial charge in [-0.3, -0.25) is 33.6 Å². The van der Waals surface area contributed by atoms with Crippen molar-refractivity contribution in [3.8, 4) is 12.1 Å². The average molecular weight is 1660 g/mol. The summed E-state index contributed by atoms with van der Waals surface area (Å²) in [5, 5.41) is 27.1.